The Bertz CT molecular complexity index is 326. The summed E-state index contributed by atoms with van der Waals surface area (Å²) < 4.78 is 6.03. The van der Waals surface area contributed by atoms with Gasteiger partial charge in [-0.1, -0.05) is 6.92 Å². The molecule has 0 spiro atoms. The largest absolute Gasteiger partial charge is 0.354 e. The predicted molar refractivity (Wildman–Crippen MR) is 73.3 cm³/mol. The maximum Gasteiger partial charge on any atom is 0.226 e. The lowest BCUT2D eigenvalue weighted by Gasteiger charge is -2.39. The second-order valence-corrected chi connectivity index (χ2v) is 6.84. The third-order valence-electron chi connectivity index (χ3n) is 3.75. The molecular formula is C14H28N2O2. The minimum Gasteiger partial charge on any atom is -0.354 e. The first-order chi connectivity index (χ1) is 8.01. The van der Waals surface area contributed by atoms with Crippen LogP contribution in [0.2, 0.25) is 0 Å². The number of amides is 1. The van der Waals surface area contributed by atoms with E-state index in [4.69, 9.17) is 4.74 Å². The summed E-state index contributed by atoms with van der Waals surface area (Å²) in [4.78, 5) is 14.1. The fraction of sp³-hybridized carbons (Fsp3) is 0.929. The number of hydrogen-bond acceptors (Lipinski definition) is 3. The molecule has 106 valence electrons. The number of nitrogens with one attached hydrogen (secondary N) is 1. The Kier molecular flexibility index (Phi) is 4.13. The van der Waals surface area contributed by atoms with Gasteiger partial charge in [-0.15, -0.1) is 0 Å². The molecule has 1 rings (SSSR count). The molecule has 18 heavy (non-hydrogen) atoms. The van der Waals surface area contributed by atoms with Gasteiger partial charge in [-0.2, -0.15) is 0 Å². The highest BCUT2D eigenvalue weighted by molar-refractivity contribution is 5.77. The predicted octanol–water partition coefficient (Wildman–Crippen LogP) is 2.14. The van der Waals surface area contributed by atoms with Crippen LogP contribution >= 0.6 is 0 Å². The molecule has 4 heteroatoms. The zero-order valence-corrected chi connectivity index (χ0v) is 12.9. The SMILES string of the molecule is CCC1(C)OCC(C)(C)NC(C)(C)CC(=O)N1C. The van der Waals surface area contributed by atoms with Gasteiger partial charge in [0.05, 0.1) is 6.61 Å². The van der Waals surface area contributed by atoms with E-state index in [2.05, 4.69) is 33.0 Å². The van der Waals surface area contributed by atoms with Gasteiger partial charge in [0.25, 0.3) is 0 Å². The van der Waals surface area contributed by atoms with Crippen LogP contribution in [-0.2, 0) is 9.53 Å². The van der Waals surface area contributed by atoms with Crippen molar-refractivity contribution in [1.82, 2.24) is 10.2 Å². The summed E-state index contributed by atoms with van der Waals surface area (Å²) in [6.07, 6.45) is 1.26. The summed E-state index contributed by atoms with van der Waals surface area (Å²) in [7, 11) is 1.83. The van der Waals surface area contributed by atoms with Gasteiger partial charge < -0.3 is 15.0 Å². The van der Waals surface area contributed by atoms with Gasteiger partial charge in [-0.05, 0) is 41.0 Å². The zero-order valence-electron chi connectivity index (χ0n) is 12.9. The van der Waals surface area contributed by atoms with Gasteiger partial charge in [0.15, 0.2) is 0 Å². The Hall–Kier alpha value is -0.610. The third-order valence-corrected chi connectivity index (χ3v) is 3.75. The maximum atomic E-state index is 12.3. The number of hydrogen-bond donors (Lipinski definition) is 1. The van der Waals surface area contributed by atoms with Gasteiger partial charge in [0, 0.05) is 24.5 Å². The van der Waals surface area contributed by atoms with Crippen molar-refractivity contribution >= 4 is 5.91 Å². The molecule has 1 atom stereocenters. The van der Waals surface area contributed by atoms with E-state index in [1.54, 1.807) is 4.90 Å². The van der Waals surface area contributed by atoms with Crippen molar-refractivity contribution in [3.05, 3.63) is 0 Å². The third kappa shape index (κ3) is 3.45. The van der Waals surface area contributed by atoms with E-state index >= 15 is 0 Å². The molecule has 1 N–H and O–H groups in total. The summed E-state index contributed by atoms with van der Waals surface area (Å²) in [6, 6.07) is 0. The highest BCUT2D eigenvalue weighted by Crippen LogP contribution is 2.27. The quantitative estimate of drug-likeness (QED) is 0.781. The lowest BCUT2D eigenvalue weighted by Crippen LogP contribution is -2.54. The molecule has 0 aromatic heterocycles. The highest BCUT2D eigenvalue weighted by atomic mass is 16.5. The van der Waals surface area contributed by atoms with Crippen molar-refractivity contribution in [3.63, 3.8) is 0 Å². The van der Waals surface area contributed by atoms with Gasteiger partial charge in [-0.3, -0.25) is 4.79 Å². The second-order valence-electron chi connectivity index (χ2n) is 6.84. The molecule has 1 heterocycles. The normalized spacial score (nSPS) is 32.6. The van der Waals surface area contributed by atoms with Crippen LogP contribution in [0, 0.1) is 0 Å². The van der Waals surface area contributed by atoms with E-state index in [-0.39, 0.29) is 17.0 Å². The van der Waals surface area contributed by atoms with E-state index in [1.165, 1.54) is 0 Å². The van der Waals surface area contributed by atoms with Gasteiger partial charge in [-0.25, -0.2) is 0 Å². The van der Waals surface area contributed by atoms with Crippen LogP contribution in [-0.4, -0.2) is 41.3 Å². The molecule has 0 aromatic rings. The molecule has 0 saturated carbocycles. The molecule has 0 bridgehead atoms. The molecular weight excluding hydrogens is 228 g/mol. The molecule has 1 aliphatic rings. The number of ether oxygens (including phenoxy) is 1. The molecule has 1 saturated heterocycles. The molecule has 1 unspecified atom stereocenters. The summed E-state index contributed by atoms with van der Waals surface area (Å²) in [5.74, 6) is 0.120. The van der Waals surface area contributed by atoms with Crippen LogP contribution in [0.25, 0.3) is 0 Å². The summed E-state index contributed by atoms with van der Waals surface area (Å²) in [6.45, 7) is 13.0. The number of rotatable bonds is 1. The minimum atomic E-state index is -0.517. The second kappa shape index (κ2) is 4.82. The molecule has 4 nitrogen and oxygen atoms in total. The molecule has 1 aliphatic heterocycles. The average molecular weight is 256 g/mol. The maximum absolute atomic E-state index is 12.3. The summed E-state index contributed by atoms with van der Waals surface area (Å²) in [5.41, 5.74) is -0.890. The Balaban J connectivity index is 3.06. The topological polar surface area (TPSA) is 41.6 Å². The molecule has 0 aliphatic carbocycles. The first kappa shape index (κ1) is 15.4. The first-order valence-electron chi connectivity index (χ1n) is 6.71. The smallest absolute Gasteiger partial charge is 0.226 e. The molecule has 1 fully saturated rings. The summed E-state index contributed by atoms with van der Waals surface area (Å²) in [5, 5.41) is 3.51. The molecule has 0 aromatic carbocycles. The highest BCUT2D eigenvalue weighted by Gasteiger charge is 2.39. The number of carbonyl (C=O) groups is 1. The Morgan fingerprint density at radius 2 is 1.78 bits per heavy atom. The average Bonchev–Trinajstić information content (AvgIpc) is 2.23. The fourth-order valence-corrected chi connectivity index (χ4v) is 2.53. The van der Waals surface area contributed by atoms with Gasteiger partial charge in [0.2, 0.25) is 5.91 Å². The fourth-order valence-electron chi connectivity index (χ4n) is 2.53. The minimum absolute atomic E-state index is 0.120. The van der Waals surface area contributed by atoms with Crippen molar-refractivity contribution in [2.45, 2.75) is 71.2 Å². The molecule has 0 radical (unpaired) electrons. The van der Waals surface area contributed by atoms with Crippen LogP contribution in [0.3, 0.4) is 0 Å². The Morgan fingerprint density at radius 1 is 1.22 bits per heavy atom. The van der Waals surface area contributed by atoms with Gasteiger partial charge in [0.1, 0.15) is 5.72 Å². The molecule has 1 amide bonds. The number of carbonyl (C=O) groups excluding carboxylic acids is 1. The van der Waals surface area contributed by atoms with Crippen LogP contribution in [0.4, 0.5) is 0 Å². The van der Waals surface area contributed by atoms with Crippen molar-refractivity contribution in [2.75, 3.05) is 13.7 Å². The van der Waals surface area contributed by atoms with Crippen LogP contribution in [0.1, 0.15) is 54.4 Å². The monoisotopic (exact) mass is 256 g/mol. The van der Waals surface area contributed by atoms with E-state index in [9.17, 15) is 4.79 Å². The Morgan fingerprint density at radius 3 is 2.28 bits per heavy atom. The van der Waals surface area contributed by atoms with E-state index < -0.39 is 5.72 Å². The zero-order chi connectivity index (χ0) is 14.2. The van der Waals surface area contributed by atoms with Crippen molar-refractivity contribution in [1.29, 1.82) is 0 Å². The van der Waals surface area contributed by atoms with E-state index in [1.807, 2.05) is 20.9 Å². The lowest BCUT2D eigenvalue weighted by atomic mass is 9.94. The lowest BCUT2D eigenvalue weighted by molar-refractivity contribution is -0.169. The van der Waals surface area contributed by atoms with E-state index in [0.717, 1.165) is 6.42 Å². The Labute approximate surface area is 111 Å². The first-order valence-corrected chi connectivity index (χ1v) is 6.71. The van der Waals surface area contributed by atoms with Crippen molar-refractivity contribution < 1.29 is 9.53 Å². The standard InChI is InChI=1S/C14H28N2O2/c1-8-14(6)16(7)11(17)9-12(2,3)15-13(4,5)10-18-14/h15H,8-10H2,1-7H3. The van der Waals surface area contributed by atoms with Crippen molar-refractivity contribution in [3.8, 4) is 0 Å². The van der Waals surface area contributed by atoms with Crippen LogP contribution in [0.15, 0.2) is 0 Å². The van der Waals surface area contributed by atoms with Crippen LogP contribution in [0.5, 0.6) is 0 Å². The van der Waals surface area contributed by atoms with Crippen LogP contribution < -0.4 is 5.32 Å². The van der Waals surface area contributed by atoms with E-state index in [0.29, 0.717) is 13.0 Å². The number of nitrogens with zero attached hydrogens (tertiary/aromatic N) is 1. The summed E-state index contributed by atoms with van der Waals surface area (Å²) >= 11 is 0. The van der Waals surface area contributed by atoms with Crippen molar-refractivity contribution in [2.24, 2.45) is 0 Å². The van der Waals surface area contributed by atoms with Gasteiger partial charge >= 0.3 is 0 Å².